The highest BCUT2D eigenvalue weighted by Crippen LogP contribution is 2.20. The van der Waals surface area contributed by atoms with Crippen molar-refractivity contribution in [2.24, 2.45) is 0 Å². The van der Waals surface area contributed by atoms with Crippen LogP contribution in [0.2, 0.25) is 0 Å². The standard InChI is InChI=1S/C15H20FNO3S/c1-12(15(18)17-9-4-2-3-5-10-17)21(19,20)14-8-6-7-13(16)11-14/h6-8,11-12H,2-5,9-10H2,1H3. The summed E-state index contributed by atoms with van der Waals surface area (Å²) in [7, 11) is -3.85. The second kappa shape index (κ2) is 6.56. The monoisotopic (exact) mass is 313 g/mol. The number of amides is 1. The summed E-state index contributed by atoms with van der Waals surface area (Å²) in [5, 5.41) is -1.18. The molecule has 0 bridgehead atoms. The average molecular weight is 313 g/mol. The highest BCUT2D eigenvalue weighted by molar-refractivity contribution is 7.92. The smallest absolute Gasteiger partial charge is 0.241 e. The van der Waals surface area contributed by atoms with Crippen LogP contribution in [0.3, 0.4) is 0 Å². The van der Waals surface area contributed by atoms with E-state index in [1.54, 1.807) is 4.90 Å². The predicted octanol–water partition coefficient (Wildman–Crippen LogP) is 2.39. The minimum atomic E-state index is -3.85. The minimum Gasteiger partial charge on any atom is -0.342 e. The quantitative estimate of drug-likeness (QED) is 0.861. The highest BCUT2D eigenvalue weighted by atomic mass is 32.2. The number of rotatable bonds is 3. The first-order valence-electron chi connectivity index (χ1n) is 7.21. The molecular formula is C15H20FNO3S. The Morgan fingerprint density at radius 1 is 1.19 bits per heavy atom. The summed E-state index contributed by atoms with van der Waals surface area (Å²) in [6, 6.07) is 4.80. The van der Waals surface area contributed by atoms with E-state index in [1.165, 1.54) is 25.1 Å². The number of carbonyl (C=O) groups is 1. The molecular weight excluding hydrogens is 293 g/mol. The molecule has 0 aromatic heterocycles. The number of hydrogen-bond acceptors (Lipinski definition) is 3. The fraction of sp³-hybridized carbons (Fsp3) is 0.533. The Hall–Kier alpha value is -1.43. The Morgan fingerprint density at radius 3 is 2.38 bits per heavy atom. The normalized spacial score (nSPS) is 18.1. The molecule has 2 rings (SSSR count). The van der Waals surface area contributed by atoms with Gasteiger partial charge in [0.1, 0.15) is 11.1 Å². The third kappa shape index (κ3) is 3.61. The zero-order valence-corrected chi connectivity index (χ0v) is 12.9. The fourth-order valence-electron chi connectivity index (χ4n) is 2.53. The van der Waals surface area contributed by atoms with Crippen LogP contribution in [-0.2, 0) is 14.6 Å². The Kier molecular flexibility index (Phi) is 4.98. The van der Waals surface area contributed by atoms with Gasteiger partial charge in [-0.3, -0.25) is 4.79 Å². The van der Waals surface area contributed by atoms with Crippen molar-refractivity contribution in [2.75, 3.05) is 13.1 Å². The largest absolute Gasteiger partial charge is 0.342 e. The summed E-state index contributed by atoms with van der Waals surface area (Å²) in [6.07, 6.45) is 3.93. The van der Waals surface area contributed by atoms with E-state index in [0.717, 1.165) is 31.7 Å². The fourth-order valence-corrected chi connectivity index (χ4v) is 3.90. The van der Waals surface area contributed by atoms with Gasteiger partial charge in [-0.25, -0.2) is 12.8 Å². The van der Waals surface area contributed by atoms with Crippen LogP contribution < -0.4 is 0 Å². The molecule has 21 heavy (non-hydrogen) atoms. The van der Waals surface area contributed by atoms with Gasteiger partial charge in [0.15, 0.2) is 9.84 Å². The van der Waals surface area contributed by atoms with Gasteiger partial charge in [-0.05, 0) is 38.0 Å². The van der Waals surface area contributed by atoms with Crippen molar-refractivity contribution in [3.8, 4) is 0 Å². The highest BCUT2D eigenvalue weighted by Gasteiger charge is 2.33. The first-order valence-corrected chi connectivity index (χ1v) is 8.76. The minimum absolute atomic E-state index is 0.141. The molecule has 6 heteroatoms. The molecule has 1 amide bonds. The van der Waals surface area contributed by atoms with Gasteiger partial charge in [0.05, 0.1) is 4.90 Å². The van der Waals surface area contributed by atoms with Crippen molar-refractivity contribution in [2.45, 2.75) is 42.8 Å². The summed E-state index contributed by atoms with van der Waals surface area (Å²) in [6.45, 7) is 2.58. The lowest BCUT2D eigenvalue weighted by Crippen LogP contribution is -2.42. The van der Waals surface area contributed by atoms with Gasteiger partial charge in [-0.2, -0.15) is 0 Å². The summed E-state index contributed by atoms with van der Waals surface area (Å²) in [5.41, 5.74) is 0. The van der Waals surface area contributed by atoms with Crippen LogP contribution in [0.25, 0.3) is 0 Å². The Labute approximate surface area is 124 Å². The molecule has 1 aliphatic heterocycles. The lowest BCUT2D eigenvalue weighted by Gasteiger charge is -2.24. The number of likely N-dealkylation sites (tertiary alicyclic amines) is 1. The number of hydrogen-bond donors (Lipinski definition) is 0. The molecule has 1 atom stereocenters. The maximum absolute atomic E-state index is 13.2. The van der Waals surface area contributed by atoms with E-state index in [0.29, 0.717) is 13.1 Å². The van der Waals surface area contributed by atoms with E-state index in [1.807, 2.05) is 0 Å². The predicted molar refractivity (Wildman–Crippen MR) is 78.1 cm³/mol. The second-order valence-electron chi connectivity index (χ2n) is 5.38. The number of sulfone groups is 1. The molecule has 1 saturated heterocycles. The SMILES string of the molecule is CC(C(=O)N1CCCCCC1)S(=O)(=O)c1cccc(F)c1. The molecule has 0 spiro atoms. The number of carbonyl (C=O) groups excluding carboxylic acids is 1. The van der Waals surface area contributed by atoms with Gasteiger partial charge in [-0.15, -0.1) is 0 Å². The van der Waals surface area contributed by atoms with Gasteiger partial charge in [0.25, 0.3) is 0 Å². The Morgan fingerprint density at radius 2 is 1.81 bits per heavy atom. The molecule has 0 N–H and O–H groups in total. The molecule has 1 aliphatic rings. The van der Waals surface area contributed by atoms with Gasteiger partial charge in [0.2, 0.25) is 5.91 Å². The lowest BCUT2D eigenvalue weighted by molar-refractivity contribution is -0.130. The maximum atomic E-state index is 13.2. The van der Waals surface area contributed by atoms with Crippen molar-refractivity contribution < 1.29 is 17.6 Å². The van der Waals surface area contributed by atoms with Gasteiger partial charge in [0, 0.05) is 13.1 Å². The van der Waals surface area contributed by atoms with E-state index in [9.17, 15) is 17.6 Å². The first kappa shape index (κ1) is 15.9. The summed E-state index contributed by atoms with van der Waals surface area (Å²) in [4.78, 5) is 13.9. The molecule has 0 aliphatic carbocycles. The van der Waals surface area contributed by atoms with E-state index in [-0.39, 0.29) is 10.8 Å². The molecule has 0 radical (unpaired) electrons. The van der Waals surface area contributed by atoms with Crippen LogP contribution in [0.5, 0.6) is 0 Å². The van der Waals surface area contributed by atoms with Crippen molar-refractivity contribution in [3.63, 3.8) is 0 Å². The molecule has 0 saturated carbocycles. The molecule has 1 heterocycles. The van der Waals surface area contributed by atoms with Crippen LogP contribution in [-0.4, -0.2) is 37.6 Å². The van der Waals surface area contributed by atoms with Crippen molar-refractivity contribution >= 4 is 15.7 Å². The van der Waals surface area contributed by atoms with Crippen LogP contribution in [0.4, 0.5) is 4.39 Å². The van der Waals surface area contributed by atoms with Crippen molar-refractivity contribution in [1.29, 1.82) is 0 Å². The van der Waals surface area contributed by atoms with Crippen LogP contribution in [0.15, 0.2) is 29.2 Å². The number of nitrogens with zero attached hydrogens (tertiary/aromatic N) is 1. The van der Waals surface area contributed by atoms with Gasteiger partial charge >= 0.3 is 0 Å². The van der Waals surface area contributed by atoms with Gasteiger partial charge < -0.3 is 4.90 Å². The first-order chi connectivity index (χ1) is 9.93. The molecule has 1 aromatic rings. The van der Waals surface area contributed by atoms with E-state index < -0.39 is 20.9 Å². The summed E-state index contributed by atoms with van der Waals surface area (Å²) in [5.74, 6) is -1.01. The molecule has 1 aromatic carbocycles. The van der Waals surface area contributed by atoms with Crippen molar-refractivity contribution in [3.05, 3.63) is 30.1 Å². The molecule has 4 nitrogen and oxygen atoms in total. The van der Waals surface area contributed by atoms with E-state index in [2.05, 4.69) is 0 Å². The zero-order chi connectivity index (χ0) is 15.5. The zero-order valence-electron chi connectivity index (χ0n) is 12.1. The lowest BCUT2D eigenvalue weighted by atomic mass is 10.2. The topological polar surface area (TPSA) is 54.5 Å². The summed E-state index contributed by atoms with van der Waals surface area (Å²) >= 11 is 0. The maximum Gasteiger partial charge on any atom is 0.241 e. The second-order valence-corrected chi connectivity index (χ2v) is 7.65. The average Bonchev–Trinajstić information content (AvgIpc) is 2.74. The summed E-state index contributed by atoms with van der Waals surface area (Å²) < 4.78 is 38.1. The van der Waals surface area contributed by atoms with E-state index in [4.69, 9.17) is 0 Å². The van der Waals surface area contributed by atoms with E-state index >= 15 is 0 Å². The third-order valence-electron chi connectivity index (χ3n) is 3.86. The van der Waals surface area contributed by atoms with Crippen molar-refractivity contribution in [1.82, 2.24) is 4.90 Å². The van der Waals surface area contributed by atoms with Crippen LogP contribution in [0.1, 0.15) is 32.6 Å². The van der Waals surface area contributed by atoms with Crippen LogP contribution >= 0.6 is 0 Å². The number of benzene rings is 1. The molecule has 116 valence electrons. The molecule has 1 fully saturated rings. The molecule has 1 unspecified atom stereocenters. The van der Waals surface area contributed by atoms with Crippen LogP contribution in [0, 0.1) is 5.82 Å². The number of halogens is 1. The third-order valence-corrected chi connectivity index (χ3v) is 5.90. The van der Waals surface area contributed by atoms with Gasteiger partial charge in [-0.1, -0.05) is 18.9 Å². The Bertz CT molecular complexity index is 607. The Balaban J connectivity index is 2.21.